The van der Waals surface area contributed by atoms with Crippen molar-refractivity contribution in [1.29, 1.82) is 0 Å². The predicted molar refractivity (Wildman–Crippen MR) is 311 cm³/mol. The van der Waals surface area contributed by atoms with Crippen molar-refractivity contribution >= 4 is 86.6 Å². The Labute approximate surface area is 422 Å². The van der Waals surface area contributed by atoms with Gasteiger partial charge in [-0.1, -0.05) is 237 Å². The molecule has 15 aromatic rings. The molecule has 1 nitrogen and oxygen atoms in total. The second-order valence-corrected chi connectivity index (χ2v) is 19.4. The van der Waals surface area contributed by atoms with E-state index >= 15 is 0 Å². The molecule has 0 amide bonds. The first kappa shape index (κ1) is 41.2. The third-order valence-electron chi connectivity index (χ3n) is 15.4. The lowest BCUT2D eigenvalue weighted by molar-refractivity contribution is 0.669. The highest BCUT2D eigenvalue weighted by atomic mass is 16.3. The molecule has 1 heteroatoms. The quantitative estimate of drug-likeness (QED) is 0.151. The molecule has 0 aliphatic heterocycles. The Morgan fingerprint density at radius 3 is 1.18 bits per heavy atom. The zero-order valence-corrected chi connectivity index (χ0v) is 39.8. The highest BCUT2D eigenvalue weighted by molar-refractivity contribution is 6.27. The maximum atomic E-state index is 6.42. The molecular weight excluding hydrogens is 881 g/mol. The Bertz CT molecular complexity index is 4610. The molecule has 0 saturated carbocycles. The summed E-state index contributed by atoms with van der Waals surface area (Å²) >= 11 is 0. The van der Waals surface area contributed by atoms with Gasteiger partial charge in [-0.25, -0.2) is 0 Å². The Hall–Kier alpha value is -9.56. The van der Waals surface area contributed by atoms with Crippen molar-refractivity contribution in [3.05, 3.63) is 267 Å². The molecule has 0 fully saturated rings. The van der Waals surface area contributed by atoms with E-state index in [1.807, 2.05) is 6.07 Å². The van der Waals surface area contributed by atoms with Crippen LogP contribution in [-0.4, -0.2) is 0 Å². The Kier molecular flexibility index (Phi) is 9.33. The highest BCUT2D eigenvalue weighted by Crippen LogP contribution is 2.49. The normalized spacial score (nSPS) is 11.8. The molecule has 0 aliphatic carbocycles. The summed E-state index contributed by atoms with van der Waals surface area (Å²) in [4.78, 5) is 0. The number of furan rings is 1. The molecule has 0 N–H and O–H groups in total. The zero-order valence-electron chi connectivity index (χ0n) is 39.8. The number of hydrogen-bond acceptors (Lipinski definition) is 1. The van der Waals surface area contributed by atoms with E-state index in [9.17, 15) is 0 Å². The minimum Gasteiger partial charge on any atom is -0.456 e. The number of benzene rings is 14. The maximum absolute atomic E-state index is 6.42. The van der Waals surface area contributed by atoms with Gasteiger partial charge in [-0.05, 0) is 162 Å². The van der Waals surface area contributed by atoms with Crippen molar-refractivity contribution in [3.63, 3.8) is 0 Å². The number of fused-ring (bicyclic) bond motifs is 9. The van der Waals surface area contributed by atoms with E-state index in [4.69, 9.17) is 4.42 Å². The van der Waals surface area contributed by atoms with Crippen LogP contribution in [0.3, 0.4) is 0 Å². The minimum atomic E-state index is 0.905. The Morgan fingerprint density at radius 1 is 0.192 bits per heavy atom. The van der Waals surface area contributed by atoms with Crippen LogP contribution in [0.5, 0.6) is 0 Å². The van der Waals surface area contributed by atoms with Gasteiger partial charge in [0.25, 0.3) is 0 Å². The molecule has 0 unspecified atom stereocenters. The molecule has 15 rings (SSSR count). The number of rotatable bonds is 6. The van der Waals surface area contributed by atoms with Gasteiger partial charge in [0, 0.05) is 10.8 Å². The average Bonchev–Trinajstić information content (AvgIpc) is 3.85. The number of hydrogen-bond donors (Lipinski definition) is 0. The minimum absolute atomic E-state index is 0.905. The lowest BCUT2D eigenvalue weighted by Gasteiger charge is -2.19. The molecule has 1 aromatic heterocycles. The molecule has 73 heavy (non-hydrogen) atoms. The van der Waals surface area contributed by atoms with Crippen molar-refractivity contribution in [1.82, 2.24) is 0 Å². The van der Waals surface area contributed by atoms with Crippen molar-refractivity contribution in [2.75, 3.05) is 0 Å². The summed E-state index contributed by atoms with van der Waals surface area (Å²) in [5.74, 6) is 0. The van der Waals surface area contributed by atoms with E-state index in [0.717, 1.165) is 21.9 Å². The predicted octanol–water partition coefficient (Wildman–Crippen LogP) is 20.5. The van der Waals surface area contributed by atoms with Gasteiger partial charge in [0.05, 0.1) is 0 Å². The van der Waals surface area contributed by atoms with Crippen molar-refractivity contribution < 1.29 is 4.42 Å². The van der Waals surface area contributed by atoms with Crippen LogP contribution >= 0.6 is 0 Å². The summed E-state index contributed by atoms with van der Waals surface area (Å²) in [7, 11) is 0. The van der Waals surface area contributed by atoms with E-state index in [1.165, 1.54) is 131 Å². The summed E-state index contributed by atoms with van der Waals surface area (Å²) in [5.41, 5.74) is 16.5. The SMILES string of the molecule is c1ccc(-c2c3ccccc3c(-c3cccc(-c4cccc5cc(-c6ccc7c(-c8c9ccccc9c(-c9cccc%10oc%11ccccc%11c9%10)c9ccccc89)cccc7c6)ccc45)c3)c3ccccc23)cc1. The first-order valence-electron chi connectivity index (χ1n) is 25.2. The van der Waals surface area contributed by atoms with Crippen molar-refractivity contribution in [2.24, 2.45) is 0 Å². The summed E-state index contributed by atoms with van der Waals surface area (Å²) in [6, 6.07) is 98.1. The van der Waals surface area contributed by atoms with E-state index in [2.05, 4.69) is 261 Å². The molecule has 338 valence electrons. The van der Waals surface area contributed by atoms with Gasteiger partial charge in [-0.3, -0.25) is 0 Å². The molecule has 14 aromatic carbocycles. The van der Waals surface area contributed by atoms with E-state index in [1.54, 1.807) is 0 Å². The smallest absolute Gasteiger partial charge is 0.136 e. The van der Waals surface area contributed by atoms with Crippen molar-refractivity contribution in [2.45, 2.75) is 0 Å². The third-order valence-corrected chi connectivity index (χ3v) is 15.4. The summed E-state index contributed by atoms with van der Waals surface area (Å²) < 4.78 is 6.42. The van der Waals surface area contributed by atoms with Crippen LogP contribution in [0.15, 0.2) is 271 Å². The monoisotopic (exact) mass is 924 g/mol. The van der Waals surface area contributed by atoms with Gasteiger partial charge in [-0.2, -0.15) is 0 Å². The summed E-state index contributed by atoms with van der Waals surface area (Å²) in [6.07, 6.45) is 0. The van der Waals surface area contributed by atoms with E-state index in [0.29, 0.717) is 0 Å². The van der Waals surface area contributed by atoms with Gasteiger partial charge < -0.3 is 4.42 Å². The summed E-state index contributed by atoms with van der Waals surface area (Å²) in [5, 5.41) is 17.2. The number of para-hydroxylation sites is 1. The molecule has 0 aliphatic rings. The lowest BCUT2D eigenvalue weighted by atomic mass is 9.83. The zero-order chi connectivity index (χ0) is 48.0. The first-order valence-corrected chi connectivity index (χ1v) is 25.2. The fourth-order valence-corrected chi connectivity index (χ4v) is 12.3. The van der Waals surface area contributed by atoms with Crippen molar-refractivity contribution in [3.8, 4) is 66.8 Å². The molecular formula is C72H44O. The van der Waals surface area contributed by atoms with Crippen LogP contribution in [0, 0.1) is 0 Å². The lowest BCUT2D eigenvalue weighted by Crippen LogP contribution is -1.92. The summed E-state index contributed by atoms with van der Waals surface area (Å²) in [6.45, 7) is 0. The fourth-order valence-electron chi connectivity index (χ4n) is 12.3. The molecule has 0 saturated heterocycles. The fraction of sp³-hybridized carbons (Fsp3) is 0. The molecule has 0 bridgehead atoms. The Balaban J connectivity index is 0.832. The van der Waals surface area contributed by atoms with E-state index in [-0.39, 0.29) is 0 Å². The van der Waals surface area contributed by atoms with Gasteiger partial charge in [0.2, 0.25) is 0 Å². The molecule has 0 spiro atoms. The van der Waals surface area contributed by atoms with Gasteiger partial charge in [0.15, 0.2) is 0 Å². The van der Waals surface area contributed by atoms with Crippen LogP contribution in [0.25, 0.3) is 153 Å². The van der Waals surface area contributed by atoms with Crippen LogP contribution in [0.4, 0.5) is 0 Å². The highest BCUT2D eigenvalue weighted by Gasteiger charge is 2.22. The Morgan fingerprint density at radius 2 is 0.589 bits per heavy atom. The van der Waals surface area contributed by atoms with Gasteiger partial charge in [-0.15, -0.1) is 0 Å². The average molecular weight is 925 g/mol. The standard InChI is InChI=1S/C72H44O/c1-2-18-45(19-3-1)68-56-24-4-6-26-58(56)69(59-27-7-5-25-57(59)68)51-23-14-20-50(44-51)52-33-15-21-48-42-46(38-40-53(48)52)47-39-41-54-49(43-47)22-16-34-55(54)70-60-28-8-10-30-62(60)71(63-31-11-9-29-61(63)70)65-35-17-37-67-72(65)64-32-12-13-36-66(64)73-67/h1-44H. The largest absolute Gasteiger partial charge is 0.456 e. The molecule has 0 radical (unpaired) electrons. The van der Waals surface area contributed by atoms with Gasteiger partial charge >= 0.3 is 0 Å². The first-order chi connectivity index (χ1) is 36.2. The topological polar surface area (TPSA) is 13.1 Å². The molecule has 0 atom stereocenters. The second kappa shape index (κ2) is 16.5. The maximum Gasteiger partial charge on any atom is 0.136 e. The third kappa shape index (κ3) is 6.49. The second-order valence-electron chi connectivity index (χ2n) is 19.4. The van der Waals surface area contributed by atoms with Crippen LogP contribution in [-0.2, 0) is 0 Å². The van der Waals surface area contributed by atoms with Crippen LogP contribution in [0.1, 0.15) is 0 Å². The van der Waals surface area contributed by atoms with Crippen LogP contribution < -0.4 is 0 Å². The molecule has 1 heterocycles. The van der Waals surface area contributed by atoms with Crippen LogP contribution in [0.2, 0.25) is 0 Å². The van der Waals surface area contributed by atoms with E-state index < -0.39 is 0 Å². The van der Waals surface area contributed by atoms with Gasteiger partial charge in [0.1, 0.15) is 11.2 Å².